The first-order valence-corrected chi connectivity index (χ1v) is 16.4. The third kappa shape index (κ3) is 5.93. The highest BCUT2D eigenvalue weighted by Crippen LogP contribution is 2.38. The van der Waals surface area contributed by atoms with Gasteiger partial charge in [0.2, 0.25) is 17.6 Å². The molecule has 10 heteroatoms. The molecule has 4 heterocycles. The molecule has 3 aromatic heterocycles. The van der Waals surface area contributed by atoms with E-state index in [0.717, 1.165) is 55.6 Å². The van der Waals surface area contributed by atoms with E-state index in [-0.39, 0.29) is 11.9 Å². The fraction of sp³-hybridized carbons (Fsp3) is 0.606. The Morgan fingerprint density at radius 2 is 1.79 bits per heavy atom. The van der Waals surface area contributed by atoms with Crippen molar-refractivity contribution in [2.45, 2.75) is 103 Å². The van der Waals surface area contributed by atoms with Crippen LogP contribution in [0.1, 0.15) is 83.6 Å². The van der Waals surface area contributed by atoms with Crippen LogP contribution in [-0.2, 0) is 13.0 Å². The summed E-state index contributed by atoms with van der Waals surface area (Å²) in [6.45, 7) is 6.51. The summed E-state index contributed by atoms with van der Waals surface area (Å²) in [5, 5.41) is 6.38. The number of rotatable bonds is 9. The van der Waals surface area contributed by atoms with E-state index in [0.29, 0.717) is 29.3 Å². The molecule has 1 aromatic carbocycles. The van der Waals surface area contributed by atoms with E-state index >= 15 is 0 Å². The number of aromatic nitrogens is 6. The van der Waals surface area contributed by atoms with Crippen molar-refractivity contribution < 1.29 is 4.52 Å². The summed E-state index contributed by atoms with van der Waals surface area (Å²) in [6, 6.07) is 11.5. The standard InChI is InChI=1S/C33H44N8O2/c1-21-14-16-24(17-15-21)20-41-27-28(34-22(2)25-11-8-12-25)35-30(31-38-33(42)43-39-31)36-29(27)37-32(41)40-18-7-6-13-26(40)19-23-9-4-3-5-10-23/h3-5,9-10,21-22,24-26H,6-8,11-20H2,1-2H3,(H,34,35,36)(H,38,39,42)/t21?,22-,24?,26?/m1/s1. The number of nitrogens with one attached hydrogen (secondary N) is 2. The zero-order valence-electron chi connectivity index (χ0n) is 25.5. The molecular weight excluding hydrogens is 540 g/mol. The maximum atomic E-state index is 11.8. The number of benzene rings is 1. The smallest absolute Gasteiger partial charge is 0.365 e. The zero-order valence-corrected chi connectivity index (χ0v) is 25.5. The highest BCUT2D eigenvalue weighted by atomic mass is 16.5. The van der Waals surface area contributed by atoms with Crippen LogP contribution in [0.25, 0.3) is 22.8 Å². The molecule has 3 aliphatic rings. The number of hydrogen-bond acceptors (Lipinski definition) is 8. The lowest BCUT2D eigenvalue weighted by Gasteiger charge is -2.38. The minimum atomic E-state index is -0.689. The molecule has 2 atom stereocenters. The molecule has 2 N–H and O–H groups in total. The predicted molar refractivity (Wildman–Crippen MR) is 168 cm³/mol. The summed E-state index contributed by atoms with van der Waals surface area (Å²) in [6.07, 6.45) is 13.3. The number of fused-ring (bicyclic) bond motifs is 1. The SMILES string of the molecule is CC1CCC(Cn2c(N3CCCCC3Cc3ccccc3)nc3nc(-c4nc(=O)o[nH]4)nc(N[C@H](C)C4CCC4)c32)CC1. The van der Waals surface area contributed by atoms with Crippen LogP contribution < -0.4 is 16.0 Å². The van der Waals surface area contributed by atoms with Crippen LogP contribution in [0.2, 0.25) is 0 Å². The van der Waals surface area contributed by atoms with Crippen molar-refractivity contribution >= 4 is 22.9 Å². The number of anilines is 2. The Labute approximate surface area is 252 Å². The second-order valence-corrected chi connectivity index (χ2v) is 13.3. The fourth-order valence-electron chi connectivity index (χ4n) is 7.35. The molecule has 0 spiro atoms. The van der Waals surface area contributed by atoms with Crippen LogP contribution >= 0.6 is 0 Å². The Kier molecular flexibility index (Phi) is 7.93. The van der Waals surface area contributed by atoms with Crippen molar-refractivity contribution in [1.29, 1.82) is 0 Å². The minimum absolute atomic E-state index is 0.226. The van der Waals surface area contributed by atoms with E-state index < -0.39 is 5.76 Å². The molecule has 3 fully saturated rings. The normalized spacial score (nSPS) is 23.8. The van der Waals surface area contributed by atoms with Crippen molar-refractivity contribution in [1.82, 2.24) is 29.7 Å². The minimum Gasteiger partial charge on any atom is -0.365 e. The number of piperidine rings is 1. The Balaban J connectivity index is 1.35. The molecule has 2 aliphatic carbocycles. The van der Waals surface area contributed by atoms with Crippen molar-refractivity contribution in [2.24, 2.45) is 17.8 Å². The van der Waals surface area contributed by atoms with E-state index in [4.69, 9.17) is 19.5 Å². The number of H-pyrrole nitrogens is 1. The fourth-order valence-corrected chi connectivity index (χ4v) is 7.35. The molecule has 2 saturated carbocycles. The summed E-state index contributed by atoms with van der Waals surface area (Å²) < 4.78 is 7.33. The third-order valence-corrected chi connectivity index (χ3v) is 10.2. The first-order valence-electron chi connectivity index (χ1n) is 16.4. The van der Waals surface area contributed by atoms with Crippen molar-refractivity contribution in [3.05, 3.63) is 46.4 Å². The first-order chi connectivity index (χ1) is 21.0. The Morgan fingerprint density at radius 1 is 0.977 bits per heavy atom. The van der Waals surface area contributed by atoms with Crippen LogP contribution in [-0.4, -0.2) is 48.3 Å². The van der Waals surface area contributed by atoms with Gasteiger partial charge in [0.05, 0.1) is 0 Å². The van der Waals surface area contributed by atoms with Gasteiger partial charge in [-0.3, -0.25) is 0 Å². The lowest BCUT2D eigenvalue weighted by atomic mass is 9.80. The van der Waals surface area contributed by atoms with Crippen molar-refractivity contribution in [3.8, 4) is 11.6 Å². The highest BCUT2D eigenvalue weighted by Gasteiger charge is 2.32. The van der Waals surface area contributed by atoms with Gasteiger partial charge in [-0.2, -0.15) is 10.1 Å². The van der Waals surface area contributed by atoms with Gasteiger partial charge in [-0.05, 0) is 81.6 Å². The molecule has 10 nitrogen and oxygen atoms in total. The van der Waals surface area contributed by atoms with Gasteiger partial charge in [0.15, 0.2) is 11.5 Å². The molecule has 1 saturated heterocycles. The Morgan fingerprint density at radius 3 is 2.51 bits per heavy atom. The van der Waals surface area contributed by atoms with E-state index in [1.54, 1.807) is 0 Å². The topological polar surface area (TPSA) is 118 Å². The molecule has 1 aliphatic heterocycles. The van der Waals surface area contributed by atoms with Crippen LogP contribution in [0, 0.1) is 17.8 Å². The summed E-state index contributed by atoms with van der Waals surface area (Å²) in [5.74, 6) is 3.62. The number of imidazole rings is 1. The van der Waals surface area contributed by atoms with Gasteiger partial charge in [0, 0.05) is 25.2 Å². The van der Waals surface area contributed by atoms with E-state index in [1.165, 1.54) is 56.9 Å². The first kappa shape index (κ1) is 28.1. The number of aromatic amines is 1. The van der Waals surface area contributed by atoms with Crippen LogP contribution in [0.15, 0.2) is 39.6 Å². The molecule has 228 valence electrons. The van der Waals surface area contributed by atoms with E-state index in [9.17, 15) is 4.79 Å². The second-order valence-electron chi connectivity index (χ2n) is 13.3. The number of nitrogens with zero attached hydrogens (tertiary/aromatic N) is 6. The summed E-state index contributed by atoms with van der Waals surface area (Å²) in [7, 11) is 0. The van der Waals surface area contributed by atoms with Crippen LogP contribution in [0.3, 0.4) is 0 Å². The highest BCUT2D eigenvalue weighted by molar-refractivity contribution is 5.87. The maximum absolute atomic E-state index is 11.8. The maximum Gasteiger partial charge on any atom is 0.460 e. The molecule has 43 heavy (non-hydrogen) atoms. The summed E-state index contributed by atoms with van der Waals surface area (Å²) in [4.78, 5) is 33.5. The van der Waals surface area contributed by atoms with Gasteiger partial charge in [0.25, 0.3) is 0 Å². The van der Waals surface area contributed by atoms with E-state index in [2.05, 4.69) is 69.1 Å². The molecule has 4 aromatic rings. The predicted octanol–water partition coefficient (Wildman–Crippen LogP) is 6.20. The molecule has 0 radical (unpaired) electrons. The van der Waals surface area contributed by atoms with Crippen molar-refractivity contribution in [3.63, 3.8) is 0 Å². The van der Waals surface area contributed by atoms with Crippen molar-refractivity contribution in [2.75, 3.05) is 16.8 Å². The Hall–Kier alpha value is -3.69. The Bertz CT molecular complexity index is 1580. The second kappa shape index (κ2) is 12.1. The molecule has 7 rings (SSSR count). The third-order valence-electron chi connectivity index (χ3n) is 10.2. The van der Waals surface area contributed by atoms with Gasteiger partial charge in [-0.15, -0.1) is 4.98 Å². The summed E-state index contributed by atoms with van der Waals surface area (Å²) in [5.41, 5.74) is 2.95. The molecule has 0 amide bonds. The lowest BCUT2D eigenvalue weighted by Crippen LogP contribution is -2.42. The molecule has 0 bridgehead atoms. The number of hydrogen-bond donors (Lipinski definition) is 2. The van der Waals surface area contributed by atoms with Crippen LogP contribution in [0.4, 0.5) is 11.8 Å². The quantitative estimate of drug-likeness (QED) is 0.239. The molecule has 1 unspecified atom stereocenters. The van der Waals surface area contributed by atoms with Gasteiger partial charge in [-0.1, -0.05) is 56.5 Å². The average molecular weight is 585 g/mol. The van der Waals surface area contributed by atoms with E-state index in [1.807, 2.05) is 0 Å². The largest absolute Gasteiger partial charge is 0.460 e. The zero-order chi connectivity index (χ0) is 29.3. The average Bonchev–Trinajstić information content (AvgIpc) is 3.58. The van der Waals surface area contributed by atoms with Gasteiger partial charge in [-0.25, -0.2) is 14.8 Å². The van der Waals surface area contributed by atoms with Crippen LogP contribution in [0.5, 0.6) is 0 Å². The molecular formula is C33H44N8O2. The van der Waals surface area contributed by atoms with Gasteiger partial charge < -0.3 is 19.3 Å². The lowest BCUT2D eigenvalue weighted by molar-refractivity contribution is 0.266. The summed E-state index contributed by atoms with van der Waals surface area (Å²) >= 11 is 0. The van der Waals surface area contributed by atoms with Gasteiger partial charge in [0.1, 0.15) is 5.52 Å². The van der Waals surface area contributed by atoms with Gasteiger partial charge >= 0.3 is 5.76 Å². The monoisotopic (exact) mass is 584 g/mol.